The monoisotopic (exact) mass is 303 g/mol. The van der Waals surface area contributed by atoms with Crippen LogP contribution in [0.4, 0.5) is 5.69 Å². The second-order valence-corrected chi connectivity index (χ2v) is 4.94. The Morgan fingerprint density at radius 2 is 2.00 bits per heavy atom. The minimum absolute atomic E-state index is 0.202. The van der Waals surface area contributed by atoms with Crippen molar-refractivity contribution in [3.8, 4) is 11.5 Å². The summed E-state index contributed by atoms with van der Waals surface area (Å²) in [4.78, 5) is 12.4. The lowest BCUT2D eigenvalue weighted by Gasteiger charge is -2.10. The Kier molecular flexibility index (Phi) is 5.04. The normalized spacial score (nSPS) is 10.4. The Balaban J connectivity index is 2.22. The molecule has 118 valence electrons. The van der Waals surface area contributed by atoms with E-state index >= 15 is 0 Å². The van der Waals surface area contributed by atoms with Crippen LogP contribution >= 0.6 is 0 Å². The first-order valence-electron chi connectivity index (χ1n) is 7.15. The first-order chi connectivity index (χ1) is 10.6. The maximum atomic E-state index is 12.4. The van der Waals surface area contributed by atoms with Gasteiger partial charge in [-0.2, -0.15) is 5.10 Å². The van der Waals surface area contributed by atoms with Crippen LogP contribution in [0.15, 0.2) is 24.4 Å². The average molecular weight is 303 g/mol. The molecule has 0 aliphatic rings. The Morgan fingerprint density at radius 3 is 2.64 bits per heavy atom. The molecule has 0 atom stereocenters. The summed E-state index contributed by atoms with van der Waals surface area (Å²) in [5.74, 6) is 0.911. The van der Waals surface area contributed by atoms with Crippen molar-refractivity contribution >= 4 is 11.6 Å². The van der Waals surface area contributed by atoms with Crippen LogP contribution in [0, 0.1) is 0 Å². The van der Waals surface area contributed by atoms with Gasteiger partial charge >= 0.3 is 0 Å². The fraction of sp³-hybridized carbons (Fsp3) is 0.375. The van der Waals surface area contributed by atoms with Crippen LogP contribution in [-0.4, -0.2) is 29.9 Å². The number of carbonyl (C=O) groups is 1. The highest BCUT2D eigenvalue weighted by atomic mass is 16.5. The van der Waals surface area contributed by atoms with E-state index in [1.54, 1.807) is 37.1 Å². The highest BCUT2D eigenvalue weighted by Crippen LogP contribution is 2.28. The molecule has 0 saturated heterocycles. The Morgan fingerprint density at radius 1 is 1.27 bits per heavy atom. The second-order valence-electron chi connectivity index (χ2n) is 4.94. The number of aryl methyl sites for hydroxylation is 2. The van der Waals surface area contributed by atoms with Crippen molar-refractivity contribution in [2.45, 2.75) is 19.8 Å². The van der Waals surface area contributed by atoms with Crippen LogP contribution in [0.5, 0.6) is 11.5 Å². The zero-order valence-corrected chi connectivity index (χ0v) is 13.3. The van der Waals surface area contributed by atoms with Crippen molar-refractivity contribution in [3.05, 3.63) is 35.7 Å². The van der Waals surface area contributed by atoms with Crippen LogP contribution in [0.3, 0.4) is 0 Å². The van der Waals surface area contributed by atoms with Crippen LogP contribution in [0.25, 0.3) is 0 Å². The molecule has 0 saturated carbocycles. The summed E-state index contributed by atoms with van der Waals surface area (Å²) >= 11 is 0. The summed E-state index contributed by atoms with van der Waals surface area (Å²) < 4.78 is 12.1. The van der Waals surface area contributed by atoms with Gasteiger partial charge in [0.05, 0.1) is 25.6 Å². The minimum Gasteiger partial charge on any atom is -0.493 e. The Hall–Kier alpha value is -2.50. The predicted molar refractivity (Wildman–Crippen MR) is 84.7 cm³/mol. The van der Waals surface area contributed by atoms with E-state index in [1.165, 1.54) is 0 Å². The number of methoxy groups -OCH3 is 2. The number of aromatic nitrogens is 2. The summed E-state index contributed by atoms with van der Waals surface area (Å²) in [6, 6.07) is 5.07. The van der Waals surface area contributed by atoms with E-state index in [4.69, 9.17) is 9.47 Å². The number of anilines is 1. The number of rotatable bonds is 6. The molecule has 0 aliphatic carbocycles. The molecule has 0 fully saturated rings. The van der Waals surface area contributed by atoms with Gasteiger partial charge in [-0.1, -0.05) is 13.3 Å². The number of hydrogen-bond donors (Lipinski definition) is 1. The zero-order valence-electron chi connectivity index (χ0n) is 13.3. The number of nitrogens with one attached hydrogen (secondary N) is 1. The number of ether oxygens (including phenoxy) is 2. The Bertz CT molecular complexity index is 665. The molecular formula is C16H21N3O3. The molecule has 0 aliphatic heterocycles. The molecule has 0 unspecified atom stereocenters. The topological polar surface area (TPSA) is 65.4 Å². The summed E-state index contributed by atoms with van der Waals surface area (Å²) in [5, 5.41) is 7.27. The maximum Gasteiger partial charge on any atom is 0.255 e. The van der Waals surface area contributed by atoms with Crippen LogP contribution in [0.1, 0.15) is 29.4 Å². The van der Waals surface area contributed by atoms with E-state index in [2.05, 4.69) is 17.3 Å². The lowest BCUT2D eigenvalue weighted by atomic mass is 10.1. The number of benzene rings is 1. The van der Waals surface area contributed by atoms with E-state index in [0.717, 1.165) is 24.2 Å². The summed E-state index contributed by atoms with van der Waals surface area (Å²) in [5.41, 5.74) is 2.13. The van der Waals surface area contributed by atoms with Crippen LogP contribution in [-0.2, 0) is 13.5 Å². The van der Waals surface area contributed by atoms with Crippen molar-refractivity contribution in [2.75, 3.05) is 19.5 Å². The third-order valence-corrected chi connectivity index (χ3v) is 3.29. The molecule has 0 bridgehead atoms. The predicted octanol–water partition coefficient (Wildman–Crippen LogP) is 2.64. The molecule has 0 radical (unpaired) electrons. The van der Waals surface area contributed by atoms with E-state index in [0.29, 0.717) is 17.1 Å². The van der Waals surface area contributed by atoms with Crippen molar-refractivity contribution in [2.24, 2.45) is 7.05 Å². The number of amides is 1. The van der Waals surface area contributed by atoms with Gasteiger partial charge in [0.25, 0.3) is 5.91 Å². The molecule has 1 N–H and O–H groups in total. The van der Waals surface area contributed by atoms with Gasteiger partial charge in [-0.3, -0.25) is 9.48 Å². The largest absolute Gasteiger partial charge is 0.493 e. The average Bonchev–Trinajstić information content (AvgIpc) is 2.86. The molecule has 1 aromatic carbocycles. The lowest BCUT2D eigenvalue weighted by molar-refractivity contribution is 0.102. The standard InChI is InChI=1S/C16H21N3O3/c1-5-6-12-13(10-19(2)18-12)17-16(20)11-7-8-14(21-3)15(9-11)22-4/h7-10H,5-6H2,1-4H3,(H,17,20). The van der Waals surface area contributed by atoms with E-state index in [-0.39, 0.29) is 5.91 Å². The number of carbonyl (C=O) groups excluding carboxylic acids is 1. The first-order valence-corrected chi connectivity index (χ1v) is 7.15. The van der Waals surface area contributed by atoms with Gasteiger partial charge in [-0.25, -0.2) is 0 Å². The maximum absolute atomic E-state index is 12.4. The van der Waals surface area contributed by atoms with E-state index < -0.39 is 0 Å². The molecule has 6 heteroatoms. The van der Waals surface area contributed by atoms with Crippen molar-refractivity contribution in [1.82, 2.24) is 9.78 Å². The first kappa shape index (κ1) is 15.9. The van der Waals surface area contributed by atoms with Crippen LogP contribution < -0.4 is 14.8 Å². The van der Waals surface area contributed by atoms with Gasteiger partial charge < -0.3 is 14.8 Å². The van der Waals surface area contributed by atoms with E-state index in [1.807, 2.05) is 13.2 Å². The highest BCUT2D eigenvalue weighted by molar-refractivity contribution is 6.04. The molecule has 1 aromatic heterocycles. The van der Waals surface area contributed by atoms with Gasteiger partial charge in [-0.05, 0) is 24.6 Å². The van der Waals surface area contributed by atoms with E-state index in [9.17, 15) is 4.79 Å². The van der Waals surface area contributed by atoms with Gasteiger partial charge in [-0.15, -0.1) is 0 Å². The third kappa shape index (κ3) is 3.39. The van der Waals surface area contributed by atoms with Gasteiger partial charge in [0.15, 0.2) is 11.5 Å². The van der Waals surface area contributed by atoms with Gasteiger partial charge in [0.1, 0.15) is 0 Å². The van der Waals surface area contributed by atoms with Crippen molar-refractivity contribution in [3.63, 3.8) is 0 Å². The third-order valence-electron chi connectivity index (χ3n) is 3.29. The number of nitrogens with zero attached hydrogens (tertiary/aromatic N) is 2. The second kappa shape index (κ2) is 6.98. The van der Waals surface area contributed by atoms with Gasteiger partial charge in [0, 0.05) is 18.8 Å². The zero-order chi connectivity index (χ0) is 16.1. The quantitative estimate of drug-likeness (QED) is 0.891. The molecule has 6 nitrogen and oxygen atoms in total. The summed E-state index contributed by atoms with van der Waals surface area (Å²) in [6.45, 7) is 2.08. The molecule has 1 amide bonds. The molecule has 1 heterocycles. The smallest absolute Gasteiger partial charge is 0.255 e. The van der Waals surface area contributed by atoms with Crippen molar-refractivity contribution in [1.29, 1.82) is 0 Å². The number of hydrogen-bond acceptors (Lipinski definition) is 4. The lowest BCUT2D eigenvalue weighted by Crippen LogP contribution is -2.13. The van der Waals surface area contributed by atoms with Gasteiger partial charge in [0.2, 0.25) is 0 Å². The summed E-state index contributed by atoms with van der Waals surface area (Å²) in [7, 11) is 4.94. The molecule has 2 aromatic rings. The highest BCUT2D eigenvalue weighted by Gasteiger charge is 2.14. The fourth-order valence-electron chi connectivity index (χ4n) is 2.23. The Labute approximate surface area is 130 Å². The summed E-state index contributed by atoms with van der Waals surface area (Å²) in [6.07, 6.45) is 3.60. The molecule has 22 heavy (non-hydrogen) atoms. The fourth-order valence-corrected chi connectivity index (χ4v) is 2.23. The minimum atomic E-state index is -0.202. The SMILES string of the molecule is CCCc1nn(C)cc1NC(=O)c1ccc(OC)c(OC)c1. The molecular weight excluding hydrogens is 282 g/mol. The molecule has 2 rings (SSSR count). The van der Waals surface area contributed by atoms with Crippen LogP contribution in [0.2, 0.25) is 0 Å². The van der Waals surface area contributed by atoms with Crippen molar-refractivity contribution < 1.29 is 14.3 Å². The molecule has 0 spiro atoms.